The molecule has 0 saturated carbocycles. The zero-order chi connectivity index (χ0) is 21.8. The topological polar surface area (TPSA) is 109 Å². The molecule has 2 aromatic carbocycles. The van der Waals surface area contributed by atoms with Crippen LogP contribution in [0.1, 0.15) is 25.0 Å². The highest BCUT2D eigenvalue weighted by Crippen LogP contribution is 2.15. The molecule has 0 radical (unpaired) electrons. The van der Waals surface area contributed by atoms with Crippen LogP contribution in [0, 0.1) is 5.92 Å². The fourth-order valence-electron chi connectivity index (χ4n) is 2.30. The van der Waals surface area contributed by atoms with Gasteiger partial charge in [-0.1, -0.05) is 56.3 Å². The highest BCUT2D eigenvalue weighted by atomic mass is 16.5. The molecule has 0 aromatic heterocycles. The van der Waals surface area contributed by atoms with Gasteiger partial charge in [0, 0.05) is 18.7 Å². The zero-order valence-corrected chi connectivity index (χ0v) is 17.1. The Morgan fingerprint density at radius 2 is 1.67 bits per heavy atom. The number of benzene rings is 2. The average molecular weight is 410 g/mol. The second-order valence-corrected chi connectivity index (χ2v) is 6.89. The van der Waals surface area contributed by atoms with Crippen LogP contribution in [0.4, 0.5) is 0 Å². The second kappa shape index (κ2) is 12.0. The van der Waals surface area contributed by atoms with E-state index in [0.717, 1.165) is 5.56 Å². The van der Waals surface area contributed by atoms with Crippen LogP contribution in [0.25, 0.3) is 0 Å². The SMILES string of the molecule is CC(C)CNC(=O)C(=O)NN=Cc1ccccc1OCC(=O)NCc1ccccc1. The molecule has 0 bridgehead atoms. The summed E-state index contributed by atoms with van der Waals surface area (Å²) in [6.45, 7) is 4.50. The molecule has 8 nitrogen and oxygen atoms in total. The number of rotatable bonds is 9. The van der Waals surface area contributed by atoms with E-state index in [1.165, 1.54) is 6.21 Å². The molecule has 0 atom stereocenters. The van der Waals surface area contributed by atoms with Crippen molar-refractivity contribution in [3.05, 3.63) is 65.7 Å². The van der Waals surface area contributed by atoms with Gasteiger partial charge in [0.2, 0.25) is 0 Å². The minimum Gasteiger partial charge on any atom is -0.483 e. The lowest BCUT2D eigenvalue weighted by Gasteiger charge is -2.09. The number of hydrazone groups is 1. The molecule has 0 fully saturated rings. The Balaban J connectivity index is 1.83. The van der Waals surface area contributed by atoms with Crippen molar-refractivity contribution in [2.75, 3.05) is 13.2 Å². The molecule has 0 unspecified atom stereocenters. The van der Waals surface area contributed by atoms with E-state index in [-0.39, 0.29) is 18.4 Å². The Kier molecular flexibility index (Phi) is 9.05. The molecule has 0 aliphatic heterocycles. The molecule has 158 valence electrons. The van der Waals surface area contributed by atoms with E-state index in [9.17, 15) is 14.4 Å². The van der Waals surface area contributed by atoms with E-state index >= 15 is 0 Å². The number of para-hydroxylation sites is 1. The minimum atomic E-state index is -0.856. The lowest BCUT2D eigenvalue weighted by molar-refractivity contribution is -0.139. The van der Waals surface area contributed by atoms with Gasteiger partial charge in [0.15, 0.2) is 6.61 Å². The van der Waals surface area contributed by atoms with Crippen molar-refractivity contribution in [1.29, 1.82) is 0 Å². The van der Waals surface area contributed by atoms with Gasteiger partial charge in [-0.05, 0) is 23.6 Å². The van der Waals surface area contributed by atoms with E-state index in [1.54, 1.807) is 24.3 Å². The summed E-state index contributed by atoms with van der Waals surface area (Å²) in [5.74, 6) is -1.21. The third-order valence-electron chi connectivity index (χ3n) is 3.86. The molecular formula is C22H26N4O4. The molecule has 3 amide bonds. The van der Waals surface area contributed by atoms with Gasteiger partial charge in [-0.15, -0.1) is 0 Å². The van der Waals surface area contributed by atoms with Crippen molar-refractivity contribution in [2.45, 2.75) is 20.4 Å². The number of hydrogen-bond donors (Lipinski definition) is 3. The maximum absolute atomic E-state index is 12.0. The van der Waals surface area contributed by atoms with Crippen LogP contribution in [0.3, 0.4) is 0 Å². The van der Waals surface area contributed by atoms with Gasteiger partial charge in [0.25, 0.3) is 5.91 Å². The lowest BCUT2D eigenvalue weighted by Crippen LogP contribution is -2.39. The first kappa shape index (κ1) is 22.6. The zero-order valence-electron chi connectivity index (χ0n) is 17.1. The maximum Gasteiger partial charge on any atom is 0.329 e. The Bertz CT molecular complexity index is 882. The molecule has 0 aliphatic rings. The number of nitrogens with one attached hydrogen (secondary N) is 3. The molecule has 30 heavy (non-hydrogen) atoms. The van der Waals surface area contributed by atoms with Gasteiger partial charge in [-0.3, -0.25) is 14.4 Å². The van der Waals surface area contributed by atoms with Gasteiger partial charge in [-0.2, -0.15) is 5.10 Å². The van der Waals surface area contributed by atoms with Crippen LogP contribution in [0.15, 0.2) is 59.7 Å². The van der Waals surface area contributed by atoms with E-state index in [1.807, 2.05) is 44.2 Å². The standard InChI is InChI=1S/C22H26N4O4/c1-16(2)12-24-21(28)22(29)26-25-14-18-10-6-7-11-19(18)30-15-20(27)23-13-17-8-4-3-5-9-17/h3-11,14,16H,12-13,15H2,1-2H3,(H,23,27)(H,24,28)(H,26,29). The molecule has 2 aromatic rings. The molecule has 0 heterocycles. The van der Waals surface area contributed by atoms with Crippen molar-refractivity contribution in [2.24, 2.45) is 11.0 Å². The van der Waals surface area contributed by atoms with Crippen LogP contribution in [0.2, 0.25) is 0 Å². The highest BCUT2D eigenvalue weighted by molar-refractivity contribution is 6.35. The Labute approximate surface area is 175 Å². The van der Waals surface area contributed by atoms with Gasteiger partial charge in [0.05, 0.1) is 6.21 Å². The van der Waals surface area contributed by atoms with Crippen LogP contribution < -0.4 is 20.8 Å². The first-order chi connectivity index (χ1) is 14.5. The Morgan fingerprint density at radius 1 is 0.967 bits per heavy atom. The van der Waals surface area contributed by atoms with E-state index in [4.69, 9.17) is 4.74 Å². The van der Waals surface area contributed by atoms with E-state index in [2.05, 4.69) is 21.2 Å². The summed E-state index contributed by atoms with van der Waals surface area (Å²) in [6.07, 6.45) is 1.35. The van der Waals surface area contributed by atoms with Gasteiger partial charge in [-0.25, -0.2) is 5.43 Å². The monoisotopic (exact) mass is 410 g/mol. The van der Waals surface area contributed by atoms with Crippen LogP contribution in [-0.4, -0.2) is 37.1 Å². The number of amides is 3. The van der Waals surface area contributed by atoms with Gasteiger partial charge >= 0.3 is 11.8 Å². The first-order valence-electron chi connectivity index (χ1n) is 9.59. The van der Waals surface area contributed by atoms with E-state index < -0.39 is 11.8 Å². The maximum atomic E-state index is 12.0. The van der Waals surface area contributed by atoms with Crippen LogP contribution in [0.5, 0.6) is 5.75 Å². The van der Waals surface area contributed by atoms with Crippen molar-refractivity contribution in [1.82, 2.24) is 16.1 Å². The number of carbonyl (C=O) groups is 3. The van der Waals surface area contributed by atoms with E-state index in [0.29, 0.717) is 24.4 Å². The summed E-state index contributed by atoms with van der Waals surface area (Å²) in [5, 5.41) is 9.07. The van der Waals surface area contributed by atoms with Gasteiger partial charge in [0.1, 0.15) is 5.75 Å². The smallest absolute Gasteiger partial charge is 0.329 e. The molecule has 3 N–H and O–H groups in total. The van der Waals surface area contributed by atoms with Crippen molar-refractivity contribution >= 4 is 23.9 Å². The minimum absolute atomic E-state index is 0.165. The molecule has 0 spiro atoms. The Hall–Kier alpha value is -3.68. The molecule has 8 heteroatoms. The first-order valence-corrected chi connectivity index (χ1v) is 9.59. The normalized spacial score (nSPS) is 10.6. The van der Waals surface area contributed by atoms with Crippen LogP contribution >= 0.6 is 0 Å². The van der Waals surface area contributed by atoms with Crippen molar-refractivity contribution < 1.29 is 19.1 Å². The van der Waals surface area contributed by atoms with Crippen molar-refractivity contribution in [3.8, 4) is 5.75 Å². The molecular weight excluding hydrogens is 384 g/mol. The fourth-order valence-corrected chi connectivity index (χ4v) is 2.30. The summed E-state index contributed by atoms with van der Waals surface area (Å²) < 4.78 is 5.56. The average Bonchev–Trinajstić information content (AvgIpc) is 2.75. The summed E-state index contributed by atoms with van der Waals surface area (Å²) >= 11 is 0. The second-order valence-electron chi connectivity index (χ2n) is 6.89. The number of nitrogens with zero attached hydrogens (tertiary/aromatic N) is 1. The largest absolute Gasteiger partial charge is 0.483 e. The molecule has 0 saturated heterocycles. The third kappa shape index (κ3) is 8.14. The fraction of sp³-hybridized carbons (Fsp3) is 0.273. The van der Waals surface area contributed by atoms with Gasteiger partial charge < -0.3 is 15.4 Å². The predicted octanol–water partition coefficient (Wildman–Crippen LogP) is 1.60. The summed E-state index contributed by atoms with van der Waals surface area (Å²) in [4.78, 5) is 35.4. The molecule has 2 rings (SSSR count). The number of carbonyl (C=O) groups excluding carboxylic acids is 3. The third-order valence-corrected chi connectivity index (χ3v) is 3.86. The predicted molar refractivity (Wildman–Crippen MR) is 114 cm³/mol. The number of ether oxygens (including phenoxy) is 1. The van der Waals surface area contributed by atoms with Crippen LogP contribution in [-0.2, 0) is 20.9 Å². The quantitative estimate of drug-likeness (QED) is 0.331. The van der Waals surface area contributed by atoms with Crippen molar-refractivity contribution in [3.63, 3.8) is 0 Å². The summed E-state index contributed by atoms with van der Waals surface area (Å²) in [6, 6.07) is 16.5. The summed E-state index contributed by atoms with van der Waals surface area (Å²) in [5.41, 5.74) is 3.71. The molecule has 0 aliphatic carbocycles. The number of hydrogen-bond acceptors (Lipinski definition) is 5. The highest BCUT2D eigenvalue weighted by Gasteiger charge is 2.12. The lowest BCUT2D eigenvalue weighted by atomic mass is 10.2. The summed E-state index contributed by atoms with van der Waals surface area (Å²) in [7, 11) is 0. The Morgan fingerprint density at radius 3 is 2.40 bits per heavy atom.